The predicted octanol–water partition coefficient (Wildman–Crippen LogP) is 1.32. The Morgan fingerprint density at radius 2 is 2.08 bits per heavy atom. The van der Waals surface area contributed by atoms with E-state index in [1.807, 2.05) is 13.8 Å². The minimum atomic E-state index is -2.62. The van der Waals surface area contributed by atoms with E-state index in [-0.39, 0.29) is 0 Å². The number of hydrogen-bond acceptors (Lipinski definition) is 2. The highest BCUT2D eigenvalue weighted by Gasteiger charge is 2.37. The molecule has 1 heterocycles. The van der Waals surface area contributed by atoms with Gasteiger partial charge >= 0.3 is 0 Å². The minimum Gasteiger partial charge on any atom is -0.306 e. The van der Waals surface area contributed by atoms with Crippen LogP contribution in [0.15, 0.2) is 0 Å². The fourth-order valence-electron chi connectivity index (χ4n) is 1.58. The van der Waals surface area contributed by atoms with Gasteiger partial charge in [-0.3, -0.25) is 4.90 Å². The normalized spacial score (nSPS) is 26.8. The maximum absolute atomic E-state index is 13.0. The number of nitrogens with one attached hydrogen (secondary N) is 1. The van der Waals surface area contributed by atoms with E-state index in [1.54, 1.807) is 0 Å². The third-order valence-electron chi connectivity index (χ3n) is 2.55. The summed E-state index contributed by atoms with van der Waals surface area (Å²) in [5, 5.41) is 2.85. The van der Waals surface area contributed by atoms with Gasteiger partial charge in [0.05, 0.1) is 6.04 Å². The van der Waals surface area contributed by atoms with Crippen LogP contribution in [0, 0.1) is 0 Å². The molecular formula is C9H18F2N2. The van der Waals surface area contributed by atoms with Crippen molar-refractivity contribution in [1.29, 1.82) is 0 Å². The molecule has 0 aromatic rings. The van der Waals surface area contributed by atoms with E-state index >= 15 is 0 Å². The molecule has 1 rings (SSSR count). The van der Waals surface area contributed by atoms with Gasteiger partial charge in [0.1, 0.15) is 0 Å². The Labute approximate surface area is 78.3 Å². The van der Waals surface area contributed by atoms with Crippen LogP contribution in [0.3, 0.4) is 0 Å². The van der Waals surface area contributed by atoms with Crippen LogP contribution < -0.4 is 5.32 Å². The number of rotatable bonds is 2. The molecule has 1 unspecified atom stereocenters. The molecule has 0 aromatic heterocycles. The fraction of sp³-hybridized carbons (Fsp3) is 1.00. The van der Waals surface area contributed by atoms with Gasteiger partial charge in [0.25, 0.3) is 5.92 Å². The molecule has 1 aliphatic heterocycles. The molecular weight excluding hydrogens is 174 g/mol. The van der Waals surface area contributed by atoms with Crippen molar-refractivity contribution in [2.75, 3.05) is 19.6 Å². The van der Waals surface area contributed by atoms with E-state index in [2.05, 4.69) is 10.2 Å². The molecule has 1 N–H and O–H groups in total. The summed E-state index contributed by atoms with van der Waals surface area (Å²) in [6.45, 7) is 7.03. The molecule has 0 amide bonds. The largest absolute Gasteiger partial charge is 0.306 e. The van der Waals surface area contributed by atoms with Gasteiger partial charge in [0, 0.05) is 32.6 Å². The maximum atomic E-state index is 13.0. The Bertz CT molecular complexity index is 165. The first-order chi connectivity index (χ1) is 5.91. The zero-order valence-electron chi connectivity index (χ0n) is 8.48. The SMILES string of the molecule is CC(C)N1CCNC(C(C)(F)F)C1. The minimum absolute atomic E-state index is 0.354. The summed E-state index contributed by atoms with van der Waals surface area (Å²) in [7, 11) is 0. The van der Waals surface area contributed by atoms with Crippen LogP contribution in [-0.2, 0) is 0 Å². The van der Waals surface area contributed by atoms with E-state index in [1.165, 1.54) is 0 Å². The first-order valence-electron chi connectivity index (χ1n) is 4.76. The third-order valence-corrected chi connectivity index (χ3v) is 2.55. The average Bonchev–Trinajstić information content (AvgIpc) is 2.03. The smallest absolute Gasteiger partial charge is 0.261 e. The van der Waals surface area contributed by atoms with Crippen LogP contribution in [0.5, 0.6) is 0 Å². The first-order valence-corrected chi connectivity index (χ1v) is 4.76. The highest BCUT2D eigenvalue weighted by molar-refractivity contribution is 4.87. The molecule has 1 saturated heterocycles. The molecule has 4 heteroatoms. The third kappa shape index (κ3) is 2.88. The molecule has 78 valence electrons. The first kappa shape index (κ1) is 10.9. The number of piperazine rings is 1. The van der Waals surface area contributed by atoms with Gasteiger partial charge in [0.15, 0.2) is 0 Å². The van der Waals surface area contributed by atoms with Crippen molar-refractivity contribution in [3.63, 3.8) is 0 Å². The van der Waals surface area contributed by atoms with Crippen LogP contribution in [0.4, 0.5) is 8.78 Å². The zero-order valence-corrected chi connectivity index (χ0v) is 8.48. The molecule has 0 saturated carbocycles. The van der Waals surface area contributed by atoms with E-state index in [4.69, 9.17) is 0 Å². The van der Waals surface area contributed by atoms with Gasteiger partial charge in [-0.15, -0.1) is 0 Å². The van der Waals surface area contributed by atoms with E-state index in [0.29, 0.717) is 19.1 Å². The Balaban J connectivity index is 2.52. The summed E-state index contributed by atoms with van der Waals surface area (Å²) in [6, 6.07) is -0.337. The molecule has 1 aliphatic rings. The van der Waals surface area contributed by atoms with Crippen LogP contribution in [-0.4, -0.2) is 42.5 Å². The molecule has 2 nitrogen and oxygen atoms in total. The highest BCUT2D eigenvalue weighted by Crippen LogP contribution is 2.20. The molecule has 0 aromatic carbocycles. The molecule has 13 heavy (non-hydrogen) atoms. The van der Waals surface area contributed by atoms with Gasteiger partial charge in [-0.25, -0.2) is 8.78 Å². The van der Waals surface area contributed by atoms with Crippen molar-refractivity contribution >= 4 is 0 Å². The van der Waals surface area contributed by atoms with Crippen LogP contribution in [0.25, 0.3) is 0 Å². The Hall–Kier alpha value is -0.220. The van der Waals surface area contributed by atoms with Crippen molar-refractivity contribution in [3.05, 3.63) is 0 Å². The number of nitrogens with zero attached hydrogens (tertiary/aromatic N) is 1. The summed E-state index contributed by atoms with van der Waals surface area (Å²) in [6.07, 6.45) is 0. The van der Waals surface area contributed by atoms with Crippen molar-refractivity contribution in [2.45, 2.75) is 38.8 Å². The average molecular weight is 192 g/mol. The number of alkyl halides is 2. The molecule has 1 fully saturated rings. The summed E-state index contributed by atoms with van der Waals surface area (Å²) >= 11 is 0. The van der Waals surface area contributed by atoms with Crippen LogP contribution in [0.1, 0.15) is 20.8 Å². The molecule has 0 aliphatic carbocycles. The quantitative estimate of drug-likeness (QED) is 0.710. The second-order valence-corrected chi connectivity index (χ2v) is 4.05. The van der Waals surface area contributed by atoms with Gasteiger partial charge < -0.3 is 5.32 Å². The van der Waals surface area contributed by atoms with Gasteiger partial charge in [-0.05, 0) is 13.8 Å². The molecule has 1 atom stereocenters. The summed E-state index contributed by atoms with van der Waals surface area (Å²) < 4.78 is 25.9. The van der Waals surface area contributed by atoms with Crippen LogP contribution >= 0.6 is 0 Å². The molecule has 0 bridgehead atoms. The summed E-state index contributed by atoms with van der Waals surface area (Å²) in [4.78, 5) is 2.08. The van der Waals surface area contributed by atoms with Gasteiger partial charge in [-0.1, -0.05) is 0 Å². The Morgan fingerprint density at radius 3 is 2.54 bits per heavy atom. The lowest BCUT2D eigenvalue weighted by Gasteiger charge is -2.38. The highest BCUT2D eigenvalue weighted by atomic mass is 19.3. The predicted molar refractivity (Wildman–Crippen MR) is 49.1 cm³/mol. The molecule has 0 radical (unpaired) electrons. The van der Waals surface area contributed by atoms with Crippen molar-refractivity contribution in [1.82, 2.24) is 10.2 Å². The standard InChI is InChI=1S/C9H18F2N2/c1-7(2)13-5-4-12-8(6-13)9(3,10)11/h7-8,12H,4-6H2,1-3H3. The lowest BCUT2D eigenvalue weighted by Crippen LogP contribution is -2.58. The number of hydrogen-bond donors (Lipinski definition) is 1. The number of halogens is 2. The van der Waals surface area contributed by atoms with Crippen molar-refractivity contribution < 1.29 is 8.78 Å². The Morgan fingerprint density at radius 1 is 1.46 bits per heavy atom. The fourth-order valence-corrected chi connectivity index (χ4v) is 1.58. The maximum Gasteiger partial charge on any atom is 0.261 e. The Kier molecular flexibility index (Phi) is 3.24. The zero-order chi connectivity index (χ0) is 10.1. The van der Waals surface area contributed by atoms with Crippen molar-refractivity contribution in [3.8, 4) is 0 Å². The lowest BCUT2D eigenvalue weighted by molar-refractivity contribution is -0.0428. The van der Waals surface area contributed by atoms with Gasteiger partial charge in [0.2, 0.25) is 0 Å². The van der Waals surface area contributed by atoms with Crippen LogP contribution in [0.2, 0.25) is 0 Å². The summed E-state index contributed by atoms with van der Waals surface area (Å²) in [5.41, 5.74) is 0. The van der Waals surface area contributed by atoms with E-state index in [9.17, 15) is 8.78 Å². The lowest BCUT2D eigenvalue weighted by atomic mass is 10.1. The van der Waals surface area contributed by atoms with Gasteiger partial charge in [-0.2, -0.15) is 0 Å². The van der Waals surface area contributed by atoms with E-state index < -0.39 is 12.0 Å². The summed E-state index contributed by atoms with van der Waals surface area (Å²) in [5.74, 6) is -2.62. The monoisotopic (exact) mass is 192 g/mol. The second-order valence-electron chi connectivity index (χ2n) is 4.05. The topological polar surface area (TPSA) is 15.3 Å². The second kappa shape index (κ2) is 3.88. The van der Waals surface area contributed by atoms with E-state index in [0.717, 1.165) is 13.5 Å². The molecule has 0 spiro atoms. The van der Waals surface area contributed by atoms with Crippen molar-refractivity contribution in [2.24, 2.45) is 0 Å².